The minimum Gasteiger partial charge on any atom is -0.381 e. The van der Waals surface area contributed by atoms with E-state index in [1.807, 2.05) is 0 Å². The van der Waals surface area contributed by atoms with Gasteiger partial charge in [-0.2, -0.15) is 0 Å². The van der Waals surface area contributed by atoms with Gasteiger partial charge in [0.15, 0.2) is 0 Å². The molecule has 1 heterocycles. The molecule has 2 aliphatic carbocycles. The molecule has 0 saturated heterocycles. The Balaban J connectivity index is 2.03. The van der Waals surface area contributed by atoms with Gasteiger partial charge < -0.3 is 5.32 Å². The highest BCUT2D eigenvalue weighted by Crippen LogP contribution is 2.53. The van der Waals surface area contributed by atoms with Crippen molar-refractivity contribution in [2.75, 3.05) is 0 Å². The minimum atomic E-state index is 0.457. The predicted octanol–water partition coefficient (Wildman–Crippen LogP) is 3.39. The Kier molecular flexibility index (Phi) is 1.99. The van der Waals surface area contributed by atoms with Crippen LogP contribution >= 0.6 is 0 Å². The van der Waals surface area contributed by atoms with Crippen LogP contribution in [0.4, 0.5) is 0 Å². The summed E-state index contributed by atoms with van der Waals surface area (Å²) in [6, 6.07) is 0.717. The summed E-state index contributed by atoms with van der Waals surface area (Å²) in [6.07, 6.45) is 11.3. The fourth-order valence-corrected chi connectivity index (χ4v) is 3.85. The van der Waals surface area contributed by atoms with E-state index in [2.05, 4.69) is 31.3 Å². The molecular formula is C14H21N. The zero-order valence-electron chi connectivity index (χ0n) is 9.84. The van der Waals surface area contributed by atoms with E-state index in [1.54, 1.807) is 5.57 Å². The lowest BCUT2D eigenvalue weighted by Crippen LogP contribution is -2.44. The Hall–Kier alpha value is -0.720. The maximum absolute atomic E-state index is 3.76. The number of hydrogen-bond donors (Lipinski definition) is 1. The van der Waals surface area contributed by atoms with E-state index in [-0.39, 0.29) is 0 Å². The molecule has 0 aromatic carbocycles. The van der Waals surface area contributed by atoms with Crippen LogP contribution < -0.4 is 5.32 Å². The number of allylic oxidation sites excluding steroid dienone is 2. The van der Waals surface area contributed by atoms with Crippen molar-refractivity contribution in [2.24, 2.45) is 11.3 Å². The number of nitrogens with one attached hydrogen (secondary N) is 1. The lowest BCUT2D eigenvalue weighted by atomic mass is 9.62. The summed E-state index contributed by atoms with van der Waals surface area (Å²) in [5.41, 5.74) is 3.64. The molecule has 0 spiro atoms. The van der Waals surface area contributed by atoms with E-state index >= 15 is 0 Å². The second kappa shape index (κ2) is 3.13. The van der Waals surface area contributed by atoms with Gasteiger partial charge in [-0.25, -0.2) is 0 Å². The molecule has 1 N–H and O–H groups in total. The summed E-state index contributed by atoms with van der Waals surface area (Å²) < 4.78 is 0. The molecular weight excluding hydrogens is 182 g/mol. The minimum absolute atomic E-state index is 0.457. The molecule has 15 heavy (non-hydrogen) atoms. The van der Waals surface area contributed by atoms with E-state index in [9.17, 15) is 0 Å². The first-order valence-electron chi connectivity index (χ1n) is 6.39. The van der Waals surface area contributed by atoms with Crippen molar-refractivity contribution in [1.29, 1.82) is 0 Å². The third-order valence-corrected chi connectivity index (χ3v) is 5.03. The summed E-state index contributed by atoms with van der Waals surface area (Å²) in [4.78, 5) is 0. The highest BCUT2D eigenvalue weighted by molar-refractivity contribution is 5.40. The van der Waals surface area contributed by atoms with Gasteiger partial charge in [0.25, 0.3) is 0 Å². The van der Waals surface area contributed by atoms with Gasteiger partial charge in [0.2, 0.25) is 0 Å². The van der Waals surface area contributed by atoms with Crippen LogP contribution in [-0.2, 0) is 0 Å². The van der Waals surface area contributed by atoms with Crippen LogP contribution in [-0.4, -0.2) is 6.04 Å². The molecule has 0 amide bonds. The Labute approximate surface area is 92.6 Å². The largest absolute Gasteiger partial charge is 0.381 e. The van der Waals surface area contributed by atoms with Crippen LogP contribution in [0, 0.1) is 11.3 Å². The quantitative estimate of drug-likeness (QED) is 0.636. The Morgan fingerprint density at radius 3 is 3.13 bits per heavy atom. The van der Waals surface area contributed by atoms with Gasteiger partial charge in [-0.1, -0.05) is 26.3 Å². The van der Waals surface area contributed by atoms with Crippen molar-refractivity contribution in [3.8, 4) is 0 Å². The van der Waals surface area contributed by atoms with Crippen molar-refractivity contribution >= 4 is 0 Å². The summed E-state index contributed by atoms with van der Waals surface area (Å²) in [6.45, 7) is 4.94. The van der Waals surface area contributed by atoms with Gasteiger partial charge in [0, 0.05) is 17.2 Å². The average molecular weight is 203 g/mol. The molecule has 0 radical (unpaired) electrons. The first-order chi connectivity index (χ1) is 7.23. The SMILES string of the molecule is CC1CCCC2NC3=C(CCC=C3)C12C. The molecule has 1 nitrogen and oxygen atoms in total. The fraction of sp³-hybridized carbons (Fsp3) is 0.714. The maximum atomic E-state index is 3.76. The van der Waals surface area contributed by atoms with E-state index < -0.39 is 0 Å². The maximum Gasteiger partial charge on any atom is 0.0355 e. The topological polar surface area (TPSA) is 12.0 Å². The van der Waals surface area contributed by atoms with Gasteiger partial charge >= 0.3 is 0 Å². The highest BCUT2D eigenvalue weighted by atomic mass is 15.0. The van der Waals surface area contributed by atoms with Crippen LogP contribution in [0.5, 0.6) is 0 Å². The normalized spacial score (nSPS) is 43.6. The van der Waals surface area contributed by atoms with Crippen LogP contribution in [0.15, 0.2) is 23.4 Å². The molecule has 0 bridgehead atoms. The monoisotopic (exact) mass is 203 g/mol. The molecule has 82 valence electrons. The van der Waals surface area contributed by atoms with Crippen molar-refractivity contribution < 1.29 is 0 Å². The van der Waals surface area contributed by atoms with E-state index in [1.165, 1.54) is 37.8 Å². The Morgan fingerprint density at radius 1 is 1.40 bits per heavy atom. The zero-order valence-corrected chi connectivity index (χ0v) is 9.84. The molecule has 3 rings (SSSR count). The van der Waals surface area contributed by atoms with Crippen LogP contribution in [0.2, 0.25) is 0 Å². The highest BCUT2D eigenvalue weighted by Gasteiger charge is 2.49. The summed E-state index contributed by atoms with van der Waals surface area (Å²) >= 11 is 0. The zero-order chi connectivity index (χ0) is 10.5. The molecule has 1 saturated carbocycles. The average Bonchev–Trinajstić information content (AvgIpc) is 2.55. The van der Waals surface area contributed by atoms with Crippen molar-refractivity contribution in [2.45, 2.75) is 52.0 Å². The fourth-order valence-electron chi connectivity index (χ4n) is 3.85. The van der Waals surface area contributed by atoms with Crippen molar-refractivity contribution in [1.82, 2.24) is 5.32 Å². The second-order valence-electron chi connectivity index (χ2n) is 5.64. The Morgan fingerprint density at radius 2 is 2.27 bits per heavy atom. The van der Waals surface area contributed by atoms with Gasteiger partial charge in [-0.15, -0.1) is 0 Å². The molecule has 3 atom stereocenters. The molecule has 1 fully saturated rings. The van der Waals surface area contributed by atoms with E-state index in [4.69, 9.17) is 0 Å². The predicted molar refractivity (Wildman–Crippen MR) is 63.4 cm³/mol. The van der Waals surface area contributed by atoms with Crippen LogP contribution in [0.25, 0.3) is 0 Å². The molecule has 0 aromatic heterocycles. The van der Waals surface area contributed by atoms with Gasteiger partial charge in [0.1, 0.15) is 0 Å². The Bertz CT molecular complexity index is 339. The number of fused-ring (bicyclic) bond motifs is 2. The molecule has 1 heteroatoms. The summed E-state index contributed by atoms with van der Waals surface area (Å²) in [5, 5.41) is 3.76. The number of rotatable bonds is 0. The van der Waals surface area contributed by atoms with Gasteiger partial charge in [-0.3, -0.25) is 0 Å². The van der Waals surface area contributed by atoms with E-state index in [0.29, 0.717) is 11.5 Å². The molecule has 3 unspecified atom stereocenters. The third kappa shape index (κ3) is 1.15. The van der Waals surface area contributed by atoms with Crippen LogP contribution in [0.3, 0.4) is 0 Å². The lowest BCUT2D eigenvalue weighted by molar-refractivity contribution is 0.140. The second-order valence-corrected chi connectivity index (χ2v) is 5.64. The lowest BCUT2D eigenvalue weighted by Gasteiger charge is -2.43. The van der Waals surface area contributed by atoms with Crippen molar-refractivity contribution in [3.05, 3.63) is 23.4 Å². The summed E-state index contributed by atoms with van der Waals surface area (Å²) in [7, 11) is 0. The molecule has 0 aromatic rings. The first kappa shape index (κ1) is 9.50. The molecule has 3 aliphatic rings. The van der Waals surface area contributed by atoms with Gasteiger partial charge in [-0.05, 0) is 43.3 Å². The summed E-state index contributed by atoms with van der Waals surface area (Å²) in [5.74, 6) is 0.850. The van der Waals surface area contributed by atoms with Gasteiger partial charge in [0.05, 0.1) is 0 Å². The number of hydrogen-bond acceptors (Lipinski definition) is 1. The standard InChI is InChI=1S/C14H21N/c1-10-6-5-9-13-14(10,2)11-7-3-4-8-12(11)15-13/h4,8,10,13,15H,3,5-7,9H2,1-2H3. The van der Waals surface area contributed by atoms with E-state index in [0.717, 1.165) is 5.92 Å². The van der Waals surface area contributed by atoms with Crippen LogP contribution in [0.1, 0.15) is 46.0 Å². The third-order valence-electron chi connectivity index (χ3n) is 5.03. The smallest absolute Gasteiger partial charge is 0.0355 e. The van der Waals surface area contributed by atoms with Crippen molar-refractivity contribution in [3.63, 3.8) is 0 Å². The first-order valence-corrected chi connectivity index (χ1v) is 6.39. The molecule has 1 aliphatic heterocycles.